The van der Waals surface area contributed by atoms with E-state index in [0.717, 1.165) is 23.2 Å². The molecular weight excluding hydrogens is 272 g/mol. The van der Waals surface area contributed by atoms with E-state index in [2.05, 4.69) is 43.1 Å². The van der Waals surface area contributed by atoms with Crippen LogP contribution >= 0.6 is 0 Å². The standard InChI is InChI=1S/C19H24N2O/c1-6-13(3)16-7-8-18(22)17(11-16)20-21-19-14(4)9-12(2)10-15(19)5/h7-11,13,22H,6H2,1-5H3. The van der Waals surface area contributed by atoms with E-state index in [4.69, 9.17) is 0 Å². The monoisotopic (exact) mass is 296 g/mol. The summed E-state index contributed by atoms with van der Waals surface area (Å²) in [6, 6.07) is 9.76. The van der Waals surface area contributed by atoms with Crippen LogP contribution in [0.5, 0.6) is 5.75 Å². The van der Waals surface area contributed by atoms with E-state index in [0.29, 0.717) is 11.6 Å². The minimum atomic E-state index is 0.165. The van der Waals surface area contributed by atoms with Crippen molar-refractivity contribution in [1.29, 1.82) is 0 Å². The van der Waals surface area contributed by atoms with Gasteiger partial charge in [0.2, 0.25) is 0 Å². The van der Waals surface area contributed by atoms with E-state index < -0.39 is 0 Å². The van der Waals surface area contributed by atoms with Crippen LogP contribution in [0.4, 0.5) is 11.4 Å². The highest BCUT2D eigenvalue weighted by atomic mass is 16.3. The number of phenolic OH excluding ortho intramolecular Hbond substituents is 1. The van der Waals surface area contributed by atoms with Crippen molar-refractivity contribution in [1.82, 2.24) is 0 Å². The maximum Gasteiger partial charge on any atom is 0.143 e. The van der Waals surface area contributed by atoms with Crippen molar-refractivity contribution in [2.45, 2.75) is 47.0 Å². The first-order chi connectivity index (χ1) is 10.4. The first-order valence-electron chi connectivity index (χ1n) is 7.74. The summed E-state index contributed by atoms with van der Waals surface area (Å²) < 4.78 is 0. The number of benzene rings is 2. The van der Waals surface area contributed by atoms with E-state index in [1.807, 2.05) is 26.0 Å². The van der Waals surface area contributed by atoms with Crippen LogP contribution in [-0.4, -0.2) is 5.11 Å². The molecule has 0 saturated heterocycles. The maximum atomic E-state index is 10.00. The Morgan fingerprint density at radius 3 is 2.23 bits per heavy atom. The Morgan fingerprint density at radius 2 is 1.64 bits per heavy atom. The van der Waals surface area contributed by atoms with Gasteiger partial charge in [0.15, 0.2) is 0 Å². The van der Waals surface area contributed by atoms with Crippen LogP contribution in [0, 0.1) is 20.8 Å². The summed E-state index contributed by atoms with van der Waals surface area (Å²) in [5.41, 5.74) is 5.98. The largest absolute Gasteiger partial charge is 0.506 e. The molecule has 2 aromatic rings. The number of phenols is 1. The fourth-order valence-corrected chi connectivity index (χ4v) is 2.60. The quantitative estimate of drug-likeness (QED) is 0.666. The number of azo groups is 1. The molecule has 0 aliphatic carbocycles. The molecule has 22 heavy (non-hydrogen) atoms. The highest BCUT2D eigenvalue weighted by Gasteiger charge is 2.08. The number of hydrogen-bond donors (Lipinski definition) is 1. The van der Waals surface area contributed by atoms with Crippen LogP contribution in [-0.2, 0) is 0 Å². The van der Waals surface area contributed by atoms with Gasteiger partial charge in [-0.1, -0.05) is 37.6 Å². The van der Waals surface area contributed by atoms with Gasteiger partial charge < -0.3 is 5.11 Å². The average Bonchev–Trinajstić information content (AvgIpc) is 2.47. The third-order valence-electron chi connectivity index (χ3n) is 4.07. The molecule has 2 aromatic carbocycles. The Kier molecular flexibility index (Phi) is 4.96. The highest BCUT2D eigenvalue weighted by Crippen LogP contribution is 2.33. The van der Waals surface area contributed by atoms with Gasteiger partial charge >= 0.3 is 0 Å². The van der Waals surface area contributed by atoms with Crippen molar-refractivity contribution in [3.63, 3.8) is 0 Å². The molecule has 0 heterocycles. The van der Waals surface area contributed by atoms with Gasteiger partial charge in [0, 0.05) is 0 Å². The molecule has 0 bridgehead atoms. The molecule has 0 aliphatic heterocycles. The minimum absolute atomic E-state index is 0.165. The fraction of sp³-hybridized carbons (Fsp3) is 0.368. The fourth-order valence-electron chi connectivity index (χ4n) is 2.60. The van der Waals surface area contributed by atoms with Crippen molar-refractivity contribution >= 4 is 11.4 Å². The summed E-state index contributed by atoms with van der Waals surface area (Å²) in [5.74, 6) is 0.607. The molecule has 0 aromatic heterocycles. The molecule has 2 rings (SSSR count). The van der Waals surface area contributed by atoms with Crippen LogP contribution in [0.25, 0.3) is 0 Å². The van der Waals surface area contributed by atoms with Crippen LogP contribution < -0.4 is 0 Å². The van der Waals surface area contributed by atoms with Crippen LogP contribution in [0.2, 0.25) is 0 Å². The molecule has 0 radical (unpaired) electrons. The molecule has 0 fully saturated rings. The predicted octanol–water partition coefficient (Wildman–Crippen LogP) is 6.25. The molecule has 1 atom stereocenters. The molecule has 0 spiro atoms. The zero-order valence-corrected chi connectivity index (χ0v) is 14.0. The second kappa shape index (κ2) is 6.73. The van der Waals surface area contributed by atoms with E-state index in [1.165, 1.54) is 11.1 Å². The molecule has 116 valence electrons. The van der Waals surface area contributed by atoms with E-state index in [9.17, 15) is 5.11 Å². The number of nitrogens with zero attached hydrogens (tertiary/aromatic N) is 2. The summed E-state index contributed by atoms with van der Waals surface area (Å²) in [7, 11) is 0. The molecule has 3 nitrogen and oxygen atoms in total. The molecule has 0 saturated carbocycles. The van der Waals surface area contributed by atoms with E-state index >= 15 is 0 Å². The second-order valence-electron chi connectivity index (χ2n) is 6.00. The lowest BCUT2D eigenvalue weighted by Crippen LogP contribution is -1.90. The Labute approximate surface area is 132 Å². The number of rotatable bonds is 4. The number of aryl methyl sites for hydroxylation is 3. The number of hydrogen-bond acceptors (Lipinski definition) is 3. The molecule has 1 unspecified atom stereocenters. The van der Waals surface area contributed by atoms with Gasteiger partial charge in [-0.3, -0.25) is 0 Å². The van der Waals surface area contributed by atoms with Gasteiger partial charge in [-0.05, 0) is 61.9 Å². The summed E-state index contributed by atoms with van der Waals surface area (Å²) in [6.45, 7) is 10.5. The SMILES string of the molecule is CCC(C)c1ccc(O)c(N=Nc2c(C)cc(C)cc2C)c1. The first kappa shape index (κ1) is 16.2. The summed E-state index contributed by atoms with van der Waals surface area (Å²) in [4.78, 5) is 0. The van der Waals surface area contributed by atoms with Gasteiger partial charge in [-0.15, -0.1) is 10.2 Å². The topological polar surface area (TPSA) is 45.0 Å². The smallest absolute Gasteiger partial charge is 0.143 e. The second-order valence-corrected chi connectivity index (χ2v) is 6.00. The van der Waals surface area contributed by atoms with Crippen LogP contribution in [0.3, 0.4) is 0 Å². The lowest BCUT2D eigenvalue weighted by molar-refractivity contribution is 0.476. The normalized spacial score (nSPS) is 12.8. The third kappa shape index (κ3) is 3.53. The van der Waals surface area contributed by atoms with Crippen LogP contribution in [0.1, 0.15) is 48.4 Å². The van der Waals surface area contributed by atoms with Crippen molar-refractivity contribution in [2.24, 2.45) is 10.2 Å². The van der Waals surface area contributed by atoms with Gasteiger partial charge in [-0.2, -0.15) is 0 Å². The van der Waals surface area contributed by atoms with Crippen molar-refractivity contribution in [3.8, 4) is 5.75 Å². The predicted molar refractivity (Wildman–Crippen MR) is 91.6 cm³/mol. The molecule has 0 aliphatic rings. The van der Waals surface area contributed by atoms with Gasteiger partial charge in [0.05, 0.1) is 5.69 Å². The Balaban J connectivity index is 2.38. The van der Waals surface area contributed by atoms with Gasteiger partial charge in [0.1, 0.15) is 11.4 Å². The lowest BCUT2D eigenvalue weighted by Gasteiger charge is -2.10. The highest BCUT2D eigenvalue weighted by molar-refractivity contribution is 5.56. The van der Waals surface area contributed by atoms with Crippen molar-refractivity contribution < 1.29 is 5.11 Å². The van der Waals surface area contributed by atoms with Crippen molar-refractivity contribution in [3.05, 3.63) is 52.6 Å². The molecule has 1 N–H and O–H groups in total. The molecule has 3 heteroatoms. The summed E-state index contributed by atoms with van der Waals surface area (Å²) >= 11 is 0. The summed E-state index contributed by atoms with van der Waals surface area (Å²) in [5, 5.41) is 18.6. The zero-order chi connectivity index (χ0) is 16.3. The minimum Gasteiger partial charge on any atom is -0.506 e. The van der Waals surface area contributed by atoms with Crippen molar-refractivity contribution in [2.75, 3.05) is 0 Å². The number of aromatic hydroxyl groups is 1. The lowest BCUT2D eigenvalue weighted by atomic mass is 9.98. The molecule has 0 amide bonds. The first-order valence-corrected chi connectivity index (χ1v) is 7.74. The Hall–Kier alpha value is -2.16. The van der Waals surface area contributed by atoms with Gasteiger partial charge in [0.25, 0.3) is 0 Å². The van der Waals surface area contributed by atoms with E-state index in [-0.39, 0.29) is 5.75 Å². The Morgan fingerprint density at radius 1 is 1.00 bits per heavy atom. The summed E-state index contributed by atoms with van der Waals surface area (Å²) in [6.07, 6.45) is 1.05. The van der Waals surface area contributed by atoms with Crippen LogP contribution in [0.15, 0.2) is 40.6 Å². The third-order valence-corrected chi connectivity index (χ3v) is 4.07. The Bertz CT molecular complexity index is 682. The molecular formula is C19H24N2O. The maximum absolute atomic E-state index is 10.00. The van der Waals surface area contributed by atoms with Gasteiger partial charge in [-0.25, -0.2) is 0 Å². The zero-order valence-electron chi connectivity index (χ0n) is 14.0. The van der Waals surface area contributed by atoms with E-state index in [1.54, 1.807) is 6.07 Å². The average molecular weight is 296 g/mol.